The number of rotatable bonds is 6. The second-order valence-electron chi connectivity index (χ2n) is 4.13. The van der Waals surface area contributed by atoms with Crippen LogP contribution in [0.15, 0.2) is 12.1 Å². The van der Waals surface area contributed by atoms with Crippen molar-refractivity contribution in [3.63, 3.8) is 0 Å². The van der Waals surface area contributed by atoms with E-state index in [1.54, 1.807) is 0 Å². The van der Waals surface area contributed by atoms with Crippen molar-refractivity contribution in [2.24, 2.45) is 5.73 Å². The van der Waals surface area contributed by atoms with E-state index in [2.05, 4.69) is 29.8 Å². The van der Waals surface area contributed by atoms with Crippen LogP contribution in [0.25, 0.3) is 0 Å². The van der Waals surface area contributed by atoms with Gasteiger partial charge in [-0.15, -0.1) is 0 Å². The second kappa shape index (κ2) is 6.48. The molecule has 1 rings (SSSR count). The van der Waals surface area contributed by atoms with Gasteiger partial charge in [0.05, 0.1) is 0 Å². The Bertz CT molecular complexity index is 317. The molecular weight excluding hydrogens is 198 g/mol. The Morgan fingerprint density at radius 3 is 2.31 bits per heavy atom. The van der Waals surface area contributed by atoms with Crippen LogP contribution in [0.5, 0.6) is 0 Å². The molecule has 90 valence electrons. The molecule has 0 fully saturated rings. The molecular formula is C13H23N3. The van der Waals surface area contributed by atoms with Crippen LogP contribution in [0.4, 0.5) is 5.82 Å². The first kappa shape index (κ1) is 13.0. The van der Waals surface area contributed by atoms with Crippen molar-refractivity contribution in [1.82, 2.24) is 4.98 Å². The van der Waals surface area contributed by atoms with Gasteiger partial charge in [-0.1, -0.05) is 19.9 Å². The largest absolute Gasteiger partial charge is 0.356 e. The summed E-state index contributed by atoms with van der Waals surface area (Å²) in [5.41, 5.74) is 7.97. The molecule has 0 unspecified atom stereocenters. The van der Waals surface area contributed by atoms with Crippen molar-refractivity contribution >= 4 is 5.82 Å². The molecule has 0 aliphatic carbocycles. The third-order valence-corrected chi connectivity index (χ3v) is 2.60. The van der Waals surface area contributed by atoms with Gasteiger partial charge in [-0.25, -0.2) is 4.98 Å². The summed E-state index contributed by atoms with van der Waals surface area (Å²) in [6.07, 6.45) is 2.28. The minimum absolute atomic E-state index is 0.562. The lowest BCUT2D eigenvalue weighted by atomic mass is 10.2. The fourth-order valence-corrected chi connectivity index (χ4v) is 1.87. The van der Waals surface area contributed by atoms with Gasteiger partial charge in [0.2, 0.25) is 0 Å². The normalized spacial score (nSPS) is 10.5. The fraction of sp³-hybridized carbons (Fsp3) is 0.615. The van der Waals surface area contributed by atoms with Crippen LogP contribution in [-0.2, 0) is 6.54 Å². The highest BCUT2D eigenvalue weighted by Crippen LogP contribution is 2.18. The van der Waals surface area contributed by atoms with Crippen molar-refractivity contribution in [1.29, 1.82) is 0 Å². The van der Waals surface area contributed by atoms with E-state index in [9.17, 15) is 0 Å². The molecule has 1 heterocycles. The third-order valence-electron chi connectivity index (χ3n) is 2.60. The molecule has 0 saturated heterocycles. The molecule has 0 aliphatic rings. The molecule has 2 N–H and O–H groups in total. The minimum atomic E-state index is 0.562. The average Bonchev–Trinajstić information content (AvgIpc) is 2.29. The molecule has 16 heavy (non-hydrogen) atoms. The number of anilines is 1. The molecule has 3 heteroatoms. The van der Waals surface area contributed by atoms with Crippen molar-refractivity contribution in [2.45, 2.75) is 40.2 Å². The average molecular weight is 221 g/mol. The third kappa shape index (κ3) is 3.20. The number of pyridine rings is 1. The Morgan fingerprint density at radius 1 is 1.19 bits per heavy atom. The molecule has 0 aromatic carbocycles. The van der Waals surface area contributed by atoms with E-state index in [1.165, 1.54) is 0 Å². The molecule has 0 bridgehead atoms. The van der Waals surface area contributed by atoms with Gasteiger partial charge in [0, 0.05) is 30.9 Å². The maximum Gasteiger partial charge on any atom is 0.133 e. The van der Waals surface area contributed by atoms with Crippen LogP contribution in [0, 0.1) is 6.92 Å². The van der Waals surface area contributed by atoms with Crippen LogP contribution in [-0.4, -0.2) is 18.1 Å². The number of nitrogens with zero attached hydrogens (tertiary/aromatic N) is 2. The lowest BCUT2D eigenvalue weighted by Gasteiger charge is -2.25. The van der Waals surface area contributed by atoms with E-state index in [4.69, 9.17) is 5.73 Å². The predicted octanol–water partition coefficient (Wildman–Crippen LogP) is 2.48. The molecule has 0 aliphatic heterocycles. The molecule has 0 radical (unpaired) electrons. The van der Waals surface area contributed by atoms with Crippen molar-refractivity contribution in [2.75, 3.05) is 18.0 Å². The molecule has 0 amide bonds. The first-order chi connectivity index (χ1) is 7.72. The summed E-state index contributed by atoms with van der Waals surface area (Å²) in [7, 11) is 0. The van der Waals surface area contributed by atoms with Gasteiger partial charge in [-0.2, -0.15) is 0 Å². The van der Waals surface area contributed by atoms with E-state index >= 15 is 0 Å². The van der Waals surface area contributed by atoms with Gasteiger partial charge < -0.3 is 10.6 Å². The summed E-state index contributed by atoms with van der Waals surface area (Å²) in [5.74, 6) is 1.08. The second-order valence-corrected chi connectivity index (χ2v) is 4.13. The summed E-state index contributed by atoms with van der Waals surface area (Å²) in [6.45, 7) is 9.09. The summed E-state index contributed by atoms with van der Waals surface area (Å²) >= 11 is 0. The zero-order chi connectivity index (χ0) is 12.0. The van der Waals surface area contributed by atoms with E-state index in [1.807, 2.05) is 13.0 Å². The molecule has 0 spiro atoms. The van der Waals surface area contributed by atoms with Crippen molar-refractivity contribution < 1.29 is 0 Å². The van der Waals surface area contributed by atoms with E-state index in [0.717, 1.165) is 43.0 Å². The zero-order valence-electron chi connectivity index (χ0n) is 10.7. The van der Waals surface area contributed by atoms with E-state index in [-0.39, 0.29) is 0 Å². The summed E-state index contributed by atoms with van der Waals surface area (Å²) in [5, 5.41) is 0. The SMILES string of the molecule is CCCN(CCC)c1nc(C)ccc1CN. The maximum atomic E-state index is 5.76. The molecule has 0 saturated carbocycles. The lowest BCUT2D eigenvalue weighted by Crippen LogP contribution is -2.27. The summed E-state index contributed by atoms with van der Waals surface area (Å²) < 4.78 is 0. The number of aryl methyl sites for hydroxylation is 1. The standard InChI is InChI=1S/C13H23N3/c1-4-8-16(9-5-2)13-12(10-14)7-6-11(3)15-13/h6-7H,4-5,8-10,14H2,1-3H3. The Kier molecular flexibility index (Phi) is 5.26. The van der Waals surface area contributed by atoms with Gasteiger partial charge in [-0.05, 0) is 25.8 Å². The quantitative estimate of drug-likeness (QED) is 0.802. The van der Waals surface area contributed by atoms with Gasteiger partial charge in [-0.3, -0.25) is 0 Å². The molecule has 1 aromatic heterocycles. The number of hydrogen-bond donors (Lipinski definition) is 1. The van der Waals surface area contributed by atoms with E-state index in [0.29, 0.717) is 6.54 Å². The smallest absolute Gasteiger partial charge is 0.133 e. The van der Waals surface area contributed by atoms with Crippen molar-refractivity contribution in [3.8, 4) is 0 Å². The topological polar surface area (TPSA) is 42.2 Å². The van der Waals surface area contributed by atoms with Gasteiger partial charge in [0.15, 0.2) is 0 Å². The van der Waals surface area contributed by atoms with Crippen LogP contribution in [0.3, 0.4) is 0 Å². The predicted molar refractivity (Wildman–Crippen MR) is 69.7 cm³/mol. The first-order valence-corrected chi connectivity index (χ1v) is 6.14. The molecule has 0 atom stereocenters. The van der Waals surface area contributed by atoms with Crippen LogP contribution >= 0.6 is 0 Å². The highest BCUT2D eigenvalue weighted by atomic mass is 15.2. The zero-order valence-corrected chi connectivity index (χ0v) is 10.7. The van der Waals surface area contributed by atoms with Crippen LogP contribution < -0.4 is 10.6 Å². The van der Waals surface area contributed by atoms with Gasteiger partial charge in [0.25, 0.3) is 0 Å². The monoisotopic (exact) mass is 221 g/mol. The minimum Gasteiger partial charge on any atom is -0.356 e. The van der Waals surface area contributed by atoms with Crippen LogP contribution in [0.2, 0.25) is 0 Å². The Morgan fingerprint density at radius 2 is 1.81 bits per heavy atom. The summed E-state index contributed by atoms with van der Waals surface area (Å²) in [6, 6.07) is 4.12. The lowest BCUT2D eigenvalue weighted by molar-refractivity contribution is 0.726. The van der Waals surface area contributed by atoms with Gasteiger partial charge in [0.1, 0.15) is 5.82 Å². The van der Waals surface area contributed by atoms with Crippen molar-refractivity contribution in [3.05, 3.63) is 23.4 Å². The van der Waals surface area contributed by atoms with E-state index < -0.39 is 0 Å². The maximum absolute atomic E-state index is 5.76. The first-order valence-electron chi connectivity index (χ1n) is 6.14. The Hall–Kier alpha value is -1.09. The van der Waals surface area contributed by atoms with Gasteiger partial charge >= 0.3 is 0 Å². The number of aromatic nitrogens is 1. The molecule has 1 aromatic rings. The summed E-state index contributed by atoms with van der Waals surface area (Å²) in [4.78, 5) is 6.97. The highest BCUT2D eigenvalue weighted by molar-refractivity contribution is 5.47. The molecule has 3 nitrogen and oxygen atoms in total. The fourth-order valence-electron chi connectivity index (χ4n) is 1.87. The number of nitrogens with two attached hydrogens (primary N) is 1. The van der Waals surface area contributed by atoms with Crippen LogP contribution in [0.1, 0.15) is 37.9 Å². The Balaban J connectivity index is 3.00. The Labute approximate surface area is 98.7 Å². The number of hydrogen-bond acceptors (Lipinski definition) is 3. The highest BCUT2D eigenvalue weighted by Gasteiger charge is 2.10.